The van der Waals surface area contributed by atoms with Crippen LogP contribution in [0.5, 0.6) is 0 Å². The van der Waals surface area contributed by atoms with Crippen LogP contribution in [0.15, 0.2) is 24.9 Å². The van der Waals surface area contributed by atoms with E-state index in [0.717, 1.165) is 0 Å². The van der Waals surface area contributed by atoms with Crippen molar-refractivity contribution in [1.29, 1.82) is 0 Å². The van der Waals surface area contributed by atoms with E-state index < -0.39 is 12.1 Å². The van der Waals surface area contributed by atoms with Gasteiger partial charge in [0.2, 0.25) is 0 Å². The normalized spacial score (nSPS) is 7.89. The lowest BCUT2D eigenvalue weighted by Gasteiger charge is -1.93. The Hall–Kier alpha value is -1.13. The molecule has 2 nitrogen and oxygen atoms in total. The molecule has 0 amide bonds. The van der Waals surface area contributed by atoms with Crippen LogP contribution in [0.25, 0.3) is 0 Å². The molecule has 5 heteroatoms. The Kier molecular flexibility index (Phi) is 3.34. The maximum absolute atomic E-state index is 11.4. The van der Waals surface area contributed by atoms with Gasteiger partial charge in [0.05, 0.1) is 0 Å². The molecule has 0 fully saturated rings. The van der Waals surface area contributed by atoms with Gasteiger partial charge in [-0.05, 0) is 0 Å². The topological polar surface area (TPSA) is 18.5 Å². The monoisotopic (exact) mass is 140 g/mol. The summed E-state index contributed by atoms with van der Waals surface area (Å²) in [5.74, 6) is 0. The second-order valence-electron chi connectivity index (χ2n) is 0.880. The van der Waals surface area contributed by atoms with Crippen molar-refractivity contribution in [3.8, 4) is 0 Å². The SMILES string of the molecule is C=COOC(F)=C(F)F. The maximum atomic E-state index is 11.4. The second kappa shape index (κ2) is 3.82. The lowest BCUT2D eigenvalue weighted by Crippen LogP contribution is -1.83. The van der Waals surface area contributed by atoms with Gasteiger partial charge in [0, 0.05) is 0 Å². The van der Waals surface area contributed by atoms with E-state index in [9.17, 15) is 13.2 Å². The minimum atomic E-state index is -2.57. The molecule has 0 radical (unpaired) electrons. The lowest BCUT2D eigenvalue weighted by atomic mass is 11.0. The van der Waals surface area contributed by atoms with Crippen LogP contribution in [0.3, 0.4) is 0 Å². The van der Waals surface area contributed by atoms with E-state index in [4.69, 9.17) is 0 Å². The maximum Gasteiger partial charge on any atom is 0.389 e. The molecule has 0 aliphatic carbocycles. The first-order valence-electron chi connectivity index (χ1n) is 1.83. The zero-order valence-electron chi connectivity index (χ0n) is 4.23. The van der Waals surface area contributed by atoms with Crippen LogP contribution in [-0.2, 0) is 9.78 Å². The van der Waals surface area contributed by atoms with Gasteiger partial charge in [-0.3, -0.25) is 9.78 Å². The Labute approximate surface area is 49.1 Å². The molecule has 0 aromatic rings. The fourth-order valence-corrected chi connectivity index (χ4v) is 0.108. The van der Waals surface area contributed by atoms with E-state index >= 15 is 0 Å². The number of hydrogen-bond donors (Lipinski definition) is 0. The van der Waals surface area contributed by atoms with Crippen LogP contribution < -0.4 is 0 Å². The van der Waals surface area contributed by atoms with Crippen molar-refractivity contribution in [2.75, 3.05) is 0 Å². The predicted molar refractivity (Wildman–Crippen MR) is 22.7 cm³/mol. The van der Waals surface area contributed by atoms with Crippen LogP contribution in [0.2, 0.25) is 0 Å². The molecule has 0 aliphatic rings. The van der Waals surface area contributed by atoms with Crippen molar-refractivity contribution in [1.82, 2.24) is 0 Å². The summed E-state index contributed by atoms with van der Waals surface area (Å²) < 4.78 is 33.5. The van der Waals surface area contributed by atoms with Gasteiger partial charge in [0.25, 0.3) is 0 Å². The van der Waals surface area contributed by atoms with E-state index in [1.807, 2.05) is 0 Å². The standard InChI is InChI=1S/C4H3F3O2/c1-2-8-9-4(7)3(5)6/h2H,1H2. The van der Waals surface area contributed by atoms with Crippen molar-refractivity contribution in [3.05, 3.63) is 24.9 Å². The zero-order chi connectivity index (χ0) is 7.28. The Balaban J connectivity index is 3.62. The average Bonchev–Trinajstić information content (AvgIpc) is 1.82. The van der Waals surface area contributed by atoms with Gasteiger partial charge in [0.1, 0.15) is 6.26 Å². The summed E-state index contributed by atoms with van der Waals surface area (Å²) in [7, 11) is 0. The van der Waals surface area contributed by atoms with Crippen molar-refractivity contribution in [2.45, 2.75) is 0 Å². The van der Waals surface area contributed by atoms with Crippen LogP contribution in [0, 0.1) is 0 Å². The summed E-state index contributed by atoms with van der Waals surface area (Å²) in [6.45, 7) is 2.91. The Bertz CT molecular complexity index is 128. The average molecular weight is 140 g/mol. The largest absolute Gasteiger partial charge is 0.389 e. The third kappa shape index (κ3) is 3.45. The minimum absolute atomic E-state index is 0.669. The molecule has 0 unspecified atom stereocenters. The van der Waals surface area contributed by atoms with E-state index in [1.165, 1.54) is 0 Å². The Morgan fingerprint density at radius 1 is 1.33 bits per heavy atom. The molecule has 0 spiro atoms. The molecule has 0 bridgehead atoms. The van der Waals surface area contributed by atoms with Gasteiger partial charge in [0.15, 0.2) is 0 Å². The highest BCUT2D eigenvalue weighted by molar-refractivity contribution is 4.78. The minimum Gasteiger partial charge on any atom is -0.296 e. The fourth-order valence-electron chi connectivity index (χ4n) is 0.108. The summed E-state index contributed by atoms with van der Waals surface area (Å²) in [6.07, 6.45) is -1.90. The molecule has 0 aliphatic heterocycles. The van der Waals surface area contributed by atoms with Gasteiger partial charge in [-0.1, -0.05) is 6.58 Å². The molecule has 0 saturated carbocycles. The summed E-state index contributed by atoms with van der Waals surface area (Å²) >= 11 is 0. The van der Waals surface area contributed by atoms with Crippen LogP contribution in [0.4, 0.5) is 13.2 Å². The molecule has 0 atom stereocenters. The van der Waals surface area contributed by atoms with E-state index in [-0.39, 0.29) is 0 Å². The molecule has 0 heterocycles. The van der Waals surface area contributed by atoms with E-state index in [2.05, 4.69) is 16.4 Å². The Morgan fingerprint density at radius 2 is 1.89 bits per heavy atom. The third-order valence-corrected chi connectivity index (χ3v) is 0.338. The molecule has 0 aromatic carbocycles. The van der Waals surface area contributed by atoms with Crippen LogP contribution >= 0.6 is 0 Å². The number of halogens is 3. The first-order chi connectivity index (χ1) is 4.18. The molecule has 52 valence electrons. The van der Waals surface area contributed by atoms with Crippen LogP contribution in [0.1, 0.15) is 0 Å². The molecular formula is C4H3F3O2. The Morgan fingerprint density at radius 3 is 2.22 bits per heavy atom. The molecule has 0 N–H and O–H groups in total. The first-order valence-corrected chi connectivity index (χ1v) is 1.83. The van der Waals surface area contributed by atoms with Crippen molar-refractivity contribution < 1.29 is 22.9 Å². The smallest absolute Gasteiger partial charge is 0.296 e. The predicted octanol–water partition coefficient (Wildman–Crippen LogP) is 2.11. The molecule has 9 heavy (non-hydrogen) atoms. The quantitative estimate of drug-likeness (QED) is 0.339. The lowest BCUT2D eigenvalue weighted by molar-refractivity contribution is -0.233. The fraction of sp³-hybridized carbons (Fsp3) is 0. The summed E-state index contributed by atoms with van der Waals surface area (Å²) in [4.78, 5) is 6.91. The van der Waals surface area contributed by atoms with E-state index in [0.29, 0.717) is 6.26 Å². The highest BCUT2D eigenvalue weighted by Gasteiger charge is 2.05. The molecular weight excluding hydrogens is 137 g/mol. The number of rotatable bonds is 3. The van der Waals surface area contributed by atoms with Gasteiger partial charge >= 0.3 is 12.1 Å². The summed E-state index contributed by atoms with van der Waals surface area (Å²) in [5.41, 5.74) is 0. The highest BCUT2D eigenvalue weighted by atomic mass is 19.3. The first kappa shape index (κ1) is 7.87. The van der Waals surface area contributed by atoms with Gasteiger partial charge in [-0.25, -0.2) is 0 Å². The zero-order valence-corrected chi connectivity index (χ0v) is 4.23. The molecule has 0 rings (SSSR count). The van der Waals surface area contributed by atoms with Crippen molar-refractivity contribution >= 4 is 0 Å². The summed E-state index contributed by atoms with van der Waals surface area (Å²) in [5, 5.41) is 0. The van der Waals surface area contributed by atoms with Gasteiger partial charge in [-0.2, -0.15) is 13.2 Å². The third-order valence-electron chi connectivity index (χ3n) is 0.338. The van der Waals surface area contributed by atoms with Crippen molar-refractivity contribution in [2.24, 2.45) is 0 Å². The molecule has 0 saturated heterocycles. The van der Waals surface area contributed by atoms with E-state index in [1.54, 1.807) is 0 Å². The second-order valence-corrected chi connectivity index (χ2v) is 0.880. The number of hydrogen-bond acceptors (Lipinski definition) is 2. The van der Waals surface area contributed by atoms with Crippen LogP contribution in [-0.4, -0.2) is 0 Å². The van der Waals surface area contributed by atoms with Crippen molar-refractivity contribution in [3.63, 3.8) is 0 Å². The van der Waals surface area contributed by atoms with Gasteiger partial charge < -0.3 is 0 Å². The summed E-state index contributed by atoms with van der Waals surface area (Å²) in [6, 6.07) is -2.06. The van der Waals surface area contributed by atoms with Gasteiger partial charge in [-0.15, -0.1) is 0 Å². The molecule has 0 aromatic heterocycles. The highest BCUT2D eigenvalue weighted by Crippen LogP contribution is 2.09.